The van der Waals surface area contributed by atoms with Crippen molar-refractivity contribution in [3.8, 4) is 0 Å². The lowest BCUT2D eigenvalue weighted by Crippen LogP contribution is -2.61. The molecular weight excluding hydrogens is 372 g/mol. The molecule has 3 atom stereocenters. The molecule has 3 fully saturated rings. The van der Waals surface area contributed by atoms with Crippen LogP contribution in [0.25, 0.3) is 5.52 Å². The van der Waals surface area contributed by atoms with E-state index >= 15 is 0 Å². The first-order chi connectivity index (χ1) is 12.7. The summed E-state index contributed by atoms with van der Waals surface area (Å²) in [4.78, 5) is 6.84. The molecule has 7 nitrogen and oxygen atoms in total. The summed E-state index contributed by atoms with van der Waals surface area (Å²) in [5.74, 6) is 0.715. The highest BCUT2D eigenvalue weighted by atomic mass is 35.5. The van der Waals surface area contributed by atoms with Crippen LogP contribution < -0.4 is 15.5 Å². The lowest BCUT2D eigenvalue weighted by Gasteiger charge is -2.45. The lowest BCUT2D eigenvalue weighted by molar-refractivity contribution is 0.201. The molecule has 6 rings (SSSR count). The van der Waals surface area contributed by atoms with Gasteiger partial charge in [-0.2, -0.15) is 0 Å². The number of aliphatic hydroxyl groups excluding tert-OH is 1. The molecule has 3 aliphatic rings. The molecule has 1 unspecified atom stereocenters. The van der Waals surface area contributed by atoms with Crippen LogP contribution in [0, 0.1) is 0 Å². The minimum atomic E-state index is -0.910. The first-order valence-corrected chi connectivity index (χ1v) is 10.0. The van der Waals surface area contributed by atoms with Gasteiger partial charge in [-0.05, 0) is 25.0 Å². The average Bonchev–Trinajstić information content (AvgIpc) is 3.28. The molecule has 0 spiro atoms. The number of halogens is 1. The molecule has 6 heterocycles. The van der Waals surface area contributed by atoms with Crippen molar-refractivity contribution < 1.29 is 5.11 Å². The molecule has 3 aliphatic heterocycles. The number of nitrogens with one attached hydrogen (secondary N) is 2. The fourth-order valence-corrected chi connectivity index (χ4v) is 4.79. The number of anilines is 2. The van der Waals surface area contributed by atoms with Crippen LogP contribution in [0.2, 0.25) is 5.02 Å². The van der Waals surface area contributed by atoms with Crippen molar-refractivity contribution >= 4 is 40.1 Å². The van der Waals surface area contributed by atoms with Crippen LogP contribution >= 0.6 is 22.9 Å². The number of fused-ring (bicyclic) bond motifs is 4. The van der Waals surface area contributed by atoms with Gasteiger partial charge in [-0.1, -0.05) is 11.6 Å². The molecular formula is C17H19ClN6OS. The van der Waals surface area contributed by atoms with Gasteiger partial charge in [-0.3, -0.25) is 0 Å². The van der Waals surface area contributed by atoms with E-state index in [-0.39, 0.29) is 0 Å². The zero-order valence-corrected chi connectivity index (χ0v) is 15.5. The zero-order valence-electron chi connectivity index (χ0n) is 14.0. The van der Waals surface area contributed by atoms with E-state index in [1.807, 2.05) is 29.1 Å². The van der Waals surface area contributed by atoms with Gasteiger partial charge in [0.1, 0.15) is 0 Å². The molecule has 0 amide bonds. The maximum Gasteiger partial charge on any atom is 0.243 e. The highest BCUT2D eigenvalue weighted by Gasteiger charge is 2.35. The summed E-state index contributed by atoms with van der Waals surface area (Å²) >= 11 is 7.60. The fourth-order valence-electron chi connectivity index (χ4n) is 3.81. The summed E-state index contributed by atoms with van der Waals surface area (Å²) in [6.45, 7) is 1.91. The standard InChI is InChI=1S/C17H19ClN6OS/c18-13-8-26-9-14(13)21-16(25)15-4-3-12-6-20-17(22-24(12)15)23-7-10-1-2-11(23)5-19-10/h3-4,6,8-11,16,19,21,25H,1-2,5,7H2/t10-,11-,16?/m1/s1. The summed E-state index contributed by atoms with van der Waals surface area (Å²) in [5.41, 5.74) is 2.22. The minimum absolute atomic E-state index is 0.434. The summed E-state index contributed by atoms with van der Waals surface area (Å²) in [6.07, 6.45) is 3.28. The summed E-state index contributed by atoms with van der Waals surface area (Å²) < 4.78 is 1.76. The van der Waals surface area contributed by atoms with Gasteiger partial charge in [0.15, 0.2) is 6.23 Å². The van der Waals surface area contributed by atoms with Crippen molar-refractivity contribution in [2.45, 2.75) is 31.2 Å². The second-order valence-corrected chi connectivity index (χ2v) is 7.97. The van der Waals surface area contributed by atoms with E-state index in [0.717, 1.165) is 18.6 Å². The largest absolute Gasteiger partial charge is 0.368 e. The SMILES string of the molecule is OC(Nc1cscc1Cl)c1ccc2cnc(N3C[C@H]4CC[C@@H]3CN4)nn12. The zero-order chi connectivity index (χ0) is 17.7. The van der Waals surface area contributed by atoms with Crippen molar-refractivity contribution in [1.29, 1.82) is 0 Å². The Hall–Kier alpha value is -1.87. The Morgan fingerprint density at radius 2 is 2.27 bits per heavy atom. The summed E-state index contributed by atoms with van der Waals surface area (Å²) in [6, 6.07) is 4.71. The molecule has 0 saturated carbocycles. The van der Waals surface area contributed by atoms with Gasteiger partial charge >= 0.3 is 0 Å². The fraction of sp³-hybridized carbons (Fsp3) is 0.412. The molecule has 136 valence electrons. The molecule has 0 aliphatic carbocycles. The van der Waals surface area contributed by atoms with E-state index in [2.05, 4.69) is 20.5 Å². The Bertz CT molecular complexity index is 934. The predicted molar refractivity (Wildman–Crippen MR) is 103 cm³/mol. The molecule has 9 heteroatoms. The molecule has 3 aromatic heterocycles. The van der Waals surface area contributed by atoms with Gasteiger partial charge in [0, 0.05) is 35.9 Å². The summed E-state index contributed by atoms with van der Waals surface area (Å²) in [7, 11) is 0. The van der Waals surface area contributed by atoms with E-state index in [1.54, 1.807) is 4.52 Å². The number of aliphatic hydroxyl groups is 1. The van der Waals surface area contributed by atoms with Crippen molar-refractivity contribution in [3.63, 3.8) is 0 Å². The normalized spacial score (nSPS) is 23.5. The monoisotopic (exact) mass is 390 g/mol. The number of hydrogen-bond donors (Lipinski definition) is 3. The number of nitrogens with zero attached hydrogens (tertiary/aromatic N) is 4. The lowest BCUT2D eigenvalue weighted by atomic mass is 9.93. The second-order valence-electron chi connectivity index (χ2n) is 6.82. The van der Waals surface area contributed by atoms with Crippen molar-refractivity contribution in [2.75, 3.05) is 23.3 Å². The number of rotatable bonds is 4. The van der Waals surface area contributed by atoms with Gasteiger partial charge in [0.25, 0.3) is 0 Å². The van der Waals surface area contributed by atoms with Gasteiger partial charge in [-0.15, -0.1) is 16.4 Å². The first-order valence-electron chi connectivity index (χ1n) is 8.70. The van der Waals surface area contributed by atoms with Gasteiger partial charge in [0.2, 0.25) is 5.95 Å². The van der Waals surface area contributed by atoms with E-state index in [1.165, 1.54) is 24.2 Å². The van der Waals surface area contributed by atoms with Gasteiger partial charge in [-0.25, -0.2) is 9.50 Å². The van der Waals surface area contributed by atoms with Gasteiger partial charge in [0.05, 0.1) is 28.1 Å². The van der Waals surface area contributed by atoms with Crippen LogP contribution in [0.1, 0.15) is 24.8 Å². The van der Waals surface area contributed by atoms with E-state index in [0.29, 0.717) is 34.4 Å². The number of aromatic nitrogens is 3. The van der Waals surface area contributed by atoms with Crippen LogP contribution in [0.3, 0.4) is 0 Å². The maximum absolute atomic E-state index is 10.6. The number of piperazine rings is 1. The molecule has 3 N–H and O–H groups in total. The Labute approximate surface area is 159 Å². The highest BCUT2D eigenvalue weighted by Crippen LogP contribution is 2.30. The van der Waals surface area contributed by atoms with Crippen LogP contribution in [0.5, 0.6) is 0 Å². The summed E-state index contributed by atoms with van der Waals surface area (Å²) in [5, 5.41) is 26.2. The quantitative estimate of drug-likeness (QED) is 0.594. The molecule has 2 bridgehead atoms. The average molecular weight is 391 g/mol. The highest BCUT2D eigenvalue weighted by molar-refractivity contribution is 7.09. The second kappa shape index (κ2) is 6.38. The first kappa shape index (κ1) is 16.3. The third kappa shape index (κ3) is 2.73. The Balaban J connectivity index is 1.46. The molecule has 3 aromatic rings. The maximum atomic E-state index is 10.6. The van der Waals surface area contributed by atoms with E-state index < -0.39 is 6.23 Å². The topological polar surface area (TPSA) is 77.7 Å². The van der Waals surface area contributed by atoms with Crippen LogP contribution in [0.4, 0.5) is 11.6 Å². The minimum Gasteiger partial charge on any atom is -0.368 e. The van der Waals surface area contributed by atoms with E-state index in [4.69, 9.17) is 16.7 Å². The Morgan fingerprint density at radius 3 is 2.96 bits per heavy atom. The van der Waals surface area contributed by atoms with E-state index in [9.17, 15) is 5.11 Å². The number of hydrogen-bond acceptors (Lipinski definition) is 7. The Morgan fingerprint density at radius 1 is 1.35 bits per heavy atom. The molecule has 0 aromatic carbocycles. The molecule has 0 radical (unpaired) electrons. The number of thiophene rings is 1. The van der Waals surface area contributed by atoms with Crippen LogP contribution in [0.15, 0.2) is 29.1 Å². The van der Waals surface area contributed by atoms with Crippen molar-refractivity contribution in [3.05, 3.63) is 39.8 Å². The molecule has 26 heavy (non-hydrogen) atoms. The molecule has 3 saturated heterocycles. The smallest absolute Gasteiger partial charge is 0.243 e. The van der Waals surface area contributed by atoms with Crippen molar-refractivity contribution in [1.82, 2.24) is 19.9 Å². The Kier molecular flexibility index (Phi) is 4.00. The predicted octanol–water partition coefficient (Wildman–Crippen LogP) is 2.49. The van der Waals surface area contributed by atoms with Crippen LogP contribution in [-0.2, 0) is 0 Å². The van der Waals surface area contributed by atoms with Crippen LogP contribution in [-0.4, -0.2) is 44.9 Å². The third-order valence-corrected chi connectivity index (χ3v) is 6.39. The third-order valence-electron chi connectivity index (χ3n) is 5.21. The van der Waals surface area contributed by atoms with Gasteiger partial charge < -0.3 is 20.6 Å². The number of piperidine rings is 2. The van der Waals surface area contributed by atoms with Crippen molar-refractivity contribution in [2.24, 2.45) is 0 Å².